The van der Waals surface area contributed by atoms with Crippen molar-refractivity contribution < 1.29 is 14.2 Å². The predicted octanol–water partition coefficient (Wildman–Crippen LogP) is 0.940. The van der Waals surface area contributed by atoms with Gasteiger partial charge in [0.2, 0.25) is 6.79 Å². The van der Waals surface area contributed by atoms with E-state index in [0.717, 1.165) is 69.8 Å². The maximum Gasteiger partial charge on any atom is 0.231 e. The van der Waals surface area contributed by atoms with Gasteiger partial charge in [-0.15, -0.1) is 0 Å². The van der Waals surface area contributed by atoms with Crippen LogP contribution >= 0.6 is 0 Å². The van der Waals surface area contributed by atoms with Crippen LogP contribution in [0.2, 0.25) is 0 Å². The van der Waals surface area contributed by atoms with Crippen molar-refractivity contribution in [2.75, 3.05) is 59.8 Å². The zero-order valence-electron chi connectivity index (χ0n) is 15.4. The molecule has 3 heterocycles. The van der Waals surface area contributed by atoms with E-state index >= 15 is 0 Å². The lowest BCUT2D eigenvalue weighted by atomic mass is 10.1. The molecule has 2 fully saturated rings. The van der Waals surface area contributed by atoms with Crippen molar-refractivity contribution in [2.24, 2.45) is 4.99 Å². The van der Waals surface area contributed by atoms with Gasteiger partial charge in [0, 0.05) is 45.8 Å². The summed E-state index contributed by atoms with van der Waals surface area (Å²) in [6.45, 7) is 7.10. The lowest BCUT2D eigenvalue weighted by Crippen LogP contribution is -2.46. The molecule has 1 unspecified atom stereocenters. The molecule has 7 nitrogen and oxygen atoms in total. The van der Waals surface area contributed by atoms with E-state index in [1.54, 1.807) is 0 Å². The van der Waals surface area contributed by atoms with Crippen molar-refractivity contribution in [1.29, 1.82) is 0 Å². The van der Waals surface area contributed by atoms with E-state index in [-0.39, 0.29) is 0 Å². The number of nitrogens with one attached hydrogen (secondary N) is 1. The molecule has 0 aromatic heterocycles. The molecule has 4 rings (SSSR count). The van der Waals surface area contributed by atoms with E-state index in [1.165, 1.54) is 12.0 Å². The Morgan fingerprint density at radius 3 is 2.88 bits per heavy atom. The number of guanidine groups is 1. The standard InChI is InChI=1S/C19H28N4O3/c1-20-19(23-7-5-16(13-23)22-8-10-24-11-9-22)21-6-4-15-2-3-17-18(12-15)26-14-25-17/h2-3,12,16H,4-11,13-14H2,1H3,(H,20,21). The van der Waals surface area contributed by atoms with Crippen molar-refractivity contribution >= 4 is 5.96 Å². The van der Waals surface area contributed by atoms with E-state index in [2.05, 4.69) is 32.2 Å². The Hall–Kier alpha value is -1.99. The lowest BCUT2D eigenvalue weighted by Gasteiger charge is -2.32. The molecule has 0 spiro atoms. The second-order valence-corrected chi connectivity index (χ2v) is 6.95. The third kappa shape index (κ3) is 3.88. The molecular weight excluding hydrogens is 332 g/mol. The number of fused-ring (bicyclic) bond motifs is 1. The molecule has 1 N–H and O–H groups in total. The van der Waals surface area contributed by atoms with Gasteiger partial charge in [0.25, 0.3) is 0 Å². The van der Waals surface area contributed by atoms with E-state index in [4.69, 9.17) is 14.2 Å². The van der Waals surface area contributed by atoms with Gasteiger partial charge < -0.3 is 24.4 Å². The fourth-order valence-electron chi connectivity index (χ4n) is 3.92. The highest BCUT2D eigenvalue weighted by atomic mass is 16.7. The molecule has 3 aliphatic rings. The summed E-state index contributed by atoms with van der Waals surface area (Å²) < 4.78 is 16.3. The first-order chi connectivity index (χ1) is 12.8. The molecule has 2 saturated heterocycles. The van der Waals surface area contributed by atoms with Crippen LogP contribution in [-0.4, -0.2) is 81.6 Å². The van der Waals surface area contributed by atoms with Gasteiger partial charge in [-0.3, -0.25) is 9.89 Å². The van der Waals surface area contributed by atoms with Crippen molar-refractivity contribution in [3.05, 3.63) is 23.8 Å². The molecule has 142 valence electrons. The maximum atomic E-state index is 5.47. The van der Waals surface area contributed by atoms with Gasteiger partial charge in [-0.25, -0.2) is 0 Å². The molecule has 3 aliphatic heterocycles. The fraction of sp³-hybridized carbons (Fsp3) is 0.632. The van der Waals surface area contributed by atoms with E-state index < -0.39 is 0 Å². The minimum absolute atomic E-state index is 0.322. The SMILES string of the molecule is CN=C(NCCc1ccc2c(c1)OCO2)N1CCC(N2CCOCC2)C1. The molecule has 0 aliphatic carbocycles. The minimum Gasteiger partial charge on any atom is -0.454 e. The lowest BCUT2D eigenvalue weighted by molar-refractivity contribution is 0.0195. The molecule has 0 saturated carbocycles. The average Bonchev–Trinajstić information content (AvgIpc) is 3.35. The Balaban J connectivity index is 1.26. The van der Waals surface area contributed by atoms with Gasteiger partial charge >= 0.3 is 0 Å². The Morgan fingerprint density at radius 1 is 1.19 bits per heavy atom. The Morgan fingerprint density at radius 2 is 2.04 bits per heavy atom. The number of hydrogen-bond acceptors (Lipinski definition) is 5. The first-order valence-corrected chi connectivity index (χ1v) is 9.49. The molecule has 1 aromatic rings. The monoisotopic (exact) mass is 360 g/mol. The fourth-order valence-corrected chi connectivity index (χ4v) is 3.92. The van der Waals surface area contributed by atoms with E-state index in [1.807, 2.05) is 13.1 Å². The quantitative estimate of drug-likeness (QED) is 0.637. The second-order valence-electron chi connectivity index (χ2n) is 6.95. The zero-order chi connectivity index (χ0) is 17.8. The number of likely N-dealkylation sites (tertiary alicyclic amines) is 1. The van der Waals surface area contributed by atoms with Gasteiger partial charge in [-0.1, -0.05) is 6.07 Å². The first kappa shape index (κ1) is 17.4. The molecule has 7 heteroatoms. The molecule has 1 aromatic carbocycles. The highest BCUT2D eigenvalue weighted by molar-refractivity contribution is 5.80. The van der Waals surface area contributed by atoms with Gasteiger partial charge in [0.05, 0.1) is 13.2 Å². The minimum atomic E-state index is 0.322. The second kappa shape index (κ2) is 8.14. The summed E-state index contributed by atoms with van der Waals surface area (Å²) in [6, 6.07) is 6.77. The molecular formula is C19H28N4O3. The van der Waals surface area contributed by atoms with Gasteiger partial charge in [0.15, 0.2) is 17.5 Å². The van der Waals surface area contributed by atoms with Crippen LogP contribution in [0.25, 0.3) is 0 Å². The molecule has 1 atom stereocenters. The Bertz CT molecular complexity index is 646. The number of morpholine rings is 1. The number of hydrogen-bond donors (Lipinski definition) is 1. The summed E-state index contributed by atoms with van der Waals surface area (Å²) >= 11 is 0. The number of benzene rings is 1. The van der Waals surface area contributed by atoms with Crippen LogP contribution in [0.5, 0.6) is 11.5 Å². The van der Waals surface area contributed by atoms with Gasteiger partial charge in [0.1, 0.15) is 0 Å². The molecule has 0 amide bonds. The molecule has 0 bridgehead atoms. The summed E-state index contributed by atoms with van der Waals surface area (Å²) in [5.41, 5.74) is 1.24. The number of nitrogens with zero attached hydrogens (tertiary/aromatic N) is 3. The van der Waals surface area contributed by atoms with Crippen LogP contribution in [0.4, 0.5) is 0 Å². The summed E-state index contributed by atoms with van der Waals surface area (Å²) in [7, 11) is 1.87. The maximum absolute atomic E-state index is 5.47. The van der Waals surface area contributed by atoms with Crippen molar-refractivity contribution in [3.8, 4) is 11.5 Å². The van der Waals surface area contributed by atoms with Crippen molar-refractivity contribution in [3.63, 3.8) is 0 Å². The summed E-state index contributed by atoms with van der Waals surface area (Å²) in [5, 5.41) is 3.51. The van der Waals surface area contributed by atoms with Crippen LogP contribution < -0.4 is 14.8 Å². The highest BCUT2D eigenvalue weighted by Crippen LogP contribution is 2.32. The normalized spacial score (nSPS) is 23.5. The van der Waals surface area contributed by atoms with Crippen LogP contribution in [0, 0.1) is 0 Å². The third-order valence-electron chi connectivity index (χ3n) is 5.37. The van der Waals surface area contributed by atoms with Crippen molar-refractivity contribution in [2.45, 2.75) is 18.9 Å². The summed E-state index contributed by atoms with van der Waals surface area (Å²) in [5.74, 6) is 2.69. The number of ether oxygens (including phenoxy) is 3. The third-order valence-corrected chi connectivity index (χ3v) is 5.37. The average molecular weight is 360 g/mol. The van der Waals surface area contributed by atoms with Gasteiger partial charge in [-0.2, -0.15) is 0 Å². The van der Waals surface area contributed by atoms with Crippen LogP contribution in [0.1, 0.15) is 12.0 Å². The smallest absolute Gasteiger partial charge is 0.231 e. The van der Waals surface area contributed by atoms with Crippen molar-refractivity contribution in [1.82, 2.24) is 15.1 Å². The predicted molar refractivity (Wildman–Crippen MR) is 100 cm³/mol. The number of aliphatic imine (C=N–C) groups is 1. The van der Waals surface area contributed by atoms with Crippen LogP contribution in [0.15, 0.2) is 23.2 Å². The topological polar surface area (TPSA) is 58.6 Å². The zero-order valence-corrected chi connectivity index (χ0v) is 15.4. The Kier molecular flexibility index (Phi) is 5.45. The largest absolute Gasteiger partial charge is 0.454 e. The molecule has 0 radical (unpaired) electrons. The highest BCUT2D eigenvalue weighted by Gasteiger charge is 2.30. The van der Waals surface area contributed by atoms with E-state index in [9.17, 15) is 0 Å². The number of rotatable bonds is 4. The summed E-state index contributed by atoms with van der Waals surface area (Å²) in [4.78, 5) is 9.42. The summed E-state index contributed by atoms with van der Waals surface area (Å²) in [6.07, 6.45) is 2.12. The van der Waals surface area contributed by atoms with Crippen LogP contribution in [-0.2, 0) is 11.2 Å². The van der Waals surface area contributed by atoms with Gasteiger partial charge in [-0.05, 0) is 30.5 Å². The van der Waals surface area contributed by atoms with Crippen LogP contribution in [0.3, 0.4) is 0 Å². The Labute approximate surface area is 154 Å². The van der Waals surface area contributed by atoms with E-state index in [0.29, 0.717) is 12.8 Å². The molecule has 26 heavy (non-hydrogen) atoms. The first-order valence-electron chi connectivity index (χ1n) is 9.49.